The first-order valence-corrected chi connectivity index (χ1v) is 17.3. The maximum absolute atomic E-state index is 5.22. The first-order chi connectivity index (χ1) is 20.7. The van der Waals surface area contributed by atoms with Gasteiger partial charge in [-0.05, 0) is 131 Å². The molecule has 0 radical (unpaired) electrons. The molecule has 0 saturated heterocycles. The molecule has 42 heavy (non-hydrogen) atoms. The third-order valence-corrected chi connectivity index (χ3v) is 10.7. The molecular formula is C35H16OS6. The molecule has 0 unspecified atom stereocenters. The van der Waals surface area contributed by atoms with Gasteiger partial charge in [0.15, 0.2) is 5.06 Å². The van der Waals surface area contributed by atoms with Gasteiger partial charge in [-0.1, -0.05) is 17.4 Å². The van der Waals surface area contributed by atoms with Gasteiger partial charge in [0.2, 0.25) is 0 Å². The Kier molecular flexibility index (Phi) is 9.08. The Bertz CT molecular complexity index is 2170. The number of rotatable bonds is 1. The molecule has 0 N–H and O–H groups in total. The molecule has 0 aromatic carbocycles. The van der Waals surface area contributed by atoms with Gasteiger partial charge in [-0.3, -0.25) is 0 Å². The summed E-state index contributed by atoms with van der Waals surface area (Å²) < 4.78 is 5.22. The topological polar surface area (TPSA) is 9.23 Å². The second kappa shape index (κ2) is 13.6. The third-order valence-electron chi connectivity index (χ3n) is 5.27. The van der Waals surface area contributed by atoms with Crippen molar-refractivity contribution in [1.29, 1.82) is 0 Å². The van der Waals surface area contributed by atoms with Crippen molar-refractivity contribution < 1.29 is 4.74 Å². The van der Waals surface area contributed by atoms with Gasteiger partial charge < -0.3 is 4.74 Å². The normalized spacial score (nSPS) is 9.55. The minimum atomic E-state index is 0.863. The van der Waals surface area contributed by atoms with Crippen molar-refractivity contribution in [2.24, 2.45) is 0 Å². The van der Waals surface area contributed by atoms with Gasteiger partial charge in [-0.15, -0.1) is 56.7 Å². The second-order valence-electron chi connectivity index (χ2n) is 8.21. The fraction of sp³-hybridized carbons (Fsp3) is 0.0286. The quantitative estimate of drug-likeness (QED) is 0.162. The van der Waals surface area contributed by atoms with Gasteiger partial charge in [0.05, 0.1) is 55.9 Å². The number of thiophene rings is 6. The largest absolute Gasteiger partial charge is 0.487 e. The molecule has 0 aliphatic rings. The van der Waals surface area contributed by atoms with Crippen LogP contribution in [-0.2, 0) is 0 Å². The lowest BCUT2D eigenvalue weighted by Crippen LogP contribution is -1.73. The van der Waals surface area contributed by atoms with Crippen LogP contribution >= 0.6 is 68.0 Å². The highest BCUT2D eigenvalue weighted by Crippen LogP contribution is 2.24. The standard InChI is InChI=1S/C35H16OS6/c1-36-35-23-22-34(42-35)21-20-33-19-18-32(41-33)17-16-31-15-14-30(40-31)13-12-29-11-10-28(39-29)9-8-27-7-6-26(38-27)5-4-25-3-2-24-37-25/h2-3,6-7,10-11,14-15,18-19,22-24H,1H3. The van der Waals surface area contributed by atoms with Crippen LogP contribution in [0.15, 0.2) is 78.2 Å². The molecule has 0 fully saturated rings. The van der Waals surface area contributed by atoms with Crippen molar-refractivity contribution >= 4 is 68.0 Å². The Morgan fingerprint density at radius 3 is 0.976 bits per heavy atom. The summed E-state index contributed by atoms with van der Waals surface area (Å²) in [6.45, 7) is 0. The van der Waals surface area contributed by atoms with E-state index in [4.69, 9.17) is 4.74 Å². The van der Waals surface area contributed by atoms with Crippen LogP contribution in [0.1, 0.15) is 48.8 Å². The fourth-order valence-electron chi connectivity index (χ4n) is 3.35. The maximum atomic E-state index is 5.22. The molecule has 0 bridgehead atoms. The minimum Gasteiger partial charge on any atom is -0.487 e. The van der Waals surface area contributed by atoms with E-state index in [1.54, 1.807) is 63.8 Å². The van der Waals surface area contributed by atoms with E-state index in [2.05, 4.69) is 59.2 Å². The Morgan fingerprint density at radius 2 is 0.690 bits per heavy atom. The smallest absolute Gasteiger partial charge is 0.174 e. The summed E-state index contributed by atoms with van der Waals surface area (Å²) in [6, 6.07) is 24.1. The Morgan fingerprint density at radius 1 is 0.381 bits per heavy atom. The first kappa shape index (κ1) is 27.9. The molecule has 198 valence electrons. The number of methoxy groups -OCH3 is 1. The molecule has 6 heterocycles. The molecule has 0 aliphatic heterocycles. The first-order valence-electron chi connectivity index (χ1n) is 12.4. The lowest BCUT2D eigenvalue weighted by atomic mass is 10.3. The van der Waals surface area contributed by atoms with Gasteiger partial charge in [0, 0.05) is 0 Å². The Hall–Kier alpha value is -4.20. The lowest BCUT2D eigenvalue weighted by Gasteiger charge is -1.87. The number of ether oxygens (including phenoxy) is 1. The van der Waals surface area contributed by atoms with Crippen LogP contribution in [0.2, 0.25) is 0 Å². The summed E-state index contributed by atoms with van der Waals surface area (Å²) in [5.41, 5.74) is 0. The van der Waals surface area contributed by atoms with Gasteiger partial charge in [-0.25, -0.2) is 0 Å². The molecule has 0 amide bonds. The molecule has 0 spiro atoms. The Labute approximate surface area is 269 Å². The molecule has 6 aromatic rings. The Balaban J connectivity index is 1.05. The number of hydrogen-bond acceptors (Lipinski definition) is 7. The third kappa shape index (κ3) is 7.75. The van der Waals surface area contributed by atoms with E-state index in [1.807, 2.05) is 78.2 Å². The van der Waals surface area contributed by atoms with Crippen molar-refractivity contribution in [1.82, 2.24) is 0 Å². The van der Waals surface area contributed by atoms with Crippen LogP contribution in [0.5, 0.6) is 5.06 Å². The van der Waals surface area contributed by atoms with Crippen LogP contribution in [0.25, 0.3) is 0 Å². The van der Waals surface area contributed by atoms with Crippen LogP contribution in [0, 0.1) is 59.2 Å². The molecule has 7 heteroatoms. The molecule has 0 aliphatic carbocycles. The zero-order chi connectivity index (χ0) is 28.6. The summed E-state index contributed by atoms with van der Waals surface area (Å²) in [5, 5.41) is 2.90. The fourth-order valence-corrected chi connectivity index (χ4v) is 7.45. The molecule has 1 nitrogen and oxygen atoms in total. The lowest BCUT2D eigenvalue weighted by molar-refractivity contribution is 0.427. The van der Waals surface area contributed by atoms with Gasteiger partial charge in [0.1, 0.15) is 0 Å². The molecular weight excluding hydrogens is 629 g/mol. The zero-order valence-electron chi connectivity index (χ0n) is 21.9. The highest BCUT2D eigenvalue weighted by atomic mass is 32.1. The highest BCUT2D eigenvalue weighted by Gasteiger charge is 2.00. The average Bonchev–Trinajstić information content (AvgIpc) is 3.85. The van der Waals surface area contributed by atoms with Crippen molar-refractivity contribution in [3.05, 3.63) is 127 Å². The van der Waals surface area contributed by atoms with Crippen molar-refractivity contribution in [3.63, 3.8) is 0 Å². The molecule has 0 atom stereocenters. The monoisotopic (exact) mass is 644 g/mol. The van der Waals surface area contributed by atoms with Crippen LogP contribution in [0.4, 0.5) is 0 Å². The minimum absolute atomic E-state index is 0.863. The highest BCUT2D eigenvalue weighted by molar-refractivity contribution is 7.15. The second-order valence-corrected chi connectivity index (χ2v) is 14.5. The van der Waals surface area contributed by atoms with Crippen LogP contribution in [-0.4, -0.2) is 7.11 Å². The number of hydrogen-bond donors (Lipinski definition) is 0. The van der Waals surface area contributed by atoms with Crippen molar-refractivity contribution in [2.75, 3.05) is 7.11 Å². The summed E-state index contributed by atoms with van der Waals surface area (Å²) in [6.07, 6.45) is 0. The maximum Gasteiger partial charge on any atom is 0.174 e. The summed E-state index contributed by atoms with van der Waals surface area (Å²) in [7, 11) is 1.67. The summed E-state index contributed by atoms with van der Waals surface area (Å²) >= 11 is 9.59. The van der Waals surface area contributed by atoms with Crippen LogP contribution < -0.4 is 4.74 Å². The molecule has 0 saturated carbocycles. The molecule has 6 rings (SSSR count). The average molecular weight is 645 g/mol. The van der Waals surface area contributed by atoms with E-state index in [0.29, 0.717) is 0 Å². The predicted octanol–water partition coefficient (Wildman–Crippen LogP) is 9.06. The van der Waals surface area contributed by atoms with E-state index in [1.165, 1.54) is 11.3 Å². The van der Waals surface area contributed by atoms with Gasteiger partial charge in [-0.2, -0.15) is 0 Å². The SMILES string of the molecule is COc1ccc(C#Cc2ccc(C#Cc3ccc(C#Cc4ccc(C#Cc5ccc(C#Cc6cccs6)s5)s4)s3)s2)s1. The van der Waals surface area contributed by atoms with Crippen molar-refractivity contribution in [3.8, 4) is 64.3 Å². The van der Waals surface area contributed by atoms with Crippen molar-refractivity contribution in [2.45, 2.75) is 0 Å². The summed E-state index contributed by atoms with van der Waals surface area (Å²) in [5.74, 6) is 32.3. The van der Waals surface area contributed by atoms with E-state index < -0.39 is 0 Å². The van der Waals surface area contributed by atoms with E-state index in [9.17, 15) is 0 Å². The molecule has 6 aromatic heterocycles. The van der Waals surface area contributed by atoms with E-state index in [0.717, 1.165) is 53.8 Å². The van der Waals surface area contributed by atoms with Gasteiger partial charge in [0.25, 0.3) is 0 Å². The van der Waals surface area contributed by atoms with Gasteiger partial charge >= 0.3 is 0 Å². The van der Waals surface area contributed by atoms with Crippen LogP contribution in [0.3, 0.4) is 0 Å². The zero-order valence-corrected chi connectivity index (χ0v) is 26.8. The van der Waals surface area contributed by atoms with E-state index in [-0.39, 0.29) is 0 Å². The summed E-state index contributed by atoms with van der Waals surface area (Å²) in [4.78, 5) is 10.0. The van der Waals surface area contributed by atoms with E-state index >= 15 is 0 Å². The predicted molar refractivity (Wildman–Crippen MR) is 182 cm³/mol.